The zero-order chi connectivity index (χ0) is 30.9. The molecule has 0 radical (unpaired) electrons. The molecule has 0 unspecified atom stereocenters. The summed E-state index contributed by atoms with van der Waals surface area (Å²) in [5.41, 5.74) is 3.07. The highest BCUT2D eigenvalue weighted by Gasteiger charge is 2.44. The largest absolute Gasteiger partial charge is 0.343 e. The van der Waals surface area contributed by atoms with Gasteiger partial charge in [-0.1, -0.05) is 17.7 Å². The van der Waals surface area contributed by atoms with Gasteiger partial charge in [-0.15, -0.1) is 0 Å². The van der Waals surface area contributed by atoms with Crippen molar-refractivity contribution >= 4 is 50.2 Å². The van der Waals surface area contributed by atoms with Crippen LogP contribution in [0.1, 0.15) is 48.6 Å². The number of carbonyl (C=O) groups excluding carboxylic acids is 3. The van der Waals surface area contributed by atoms with Gasteiger partial charge in [-0.25, -0.2) is 15.0 Å². The molecule has 2 atom stereocenters. The summed E-state index contributed by atoms with van der Waals surface area (Å²) in [6, 6.07) is 6.50. The molecule has 0 spiro atoms. The molecule has 0 fully saturated rings. The molecule has 0 saturated heterocycles. The van der Waals surface area contributed by atoms with E-state index < -0.39 is 23.3 Å². The Bertz CT molecular complexity index is 1840. The van der Waals surface area contributed by atoms with E-state index in [0.29, 0.717) is 38.4 Å². The van der Waals surface area contributed by atoms with Crippen LogP contribution in [0.25, 0.3) is 22.2 Å². The van der Waals surface area contributed by atoms with Crippen LogP contribution in [0.2, 0.25) is 0 Å². The number of aromatic nitrogens is 6. The zero-order valence-electron chi connectivity index (χ0n) is 24.0. The minimum Gasteiger partial charge on any atom is -0.343 e. The minimum atomic E-state index is -0.977. The predicted molar refractivity (Wildman–Crippen MR) is 162 cm³/mol. The van der Waals surface area contributed by atoms with Gasteiger partial charge in [0.05, 0.1) is 23.5 Å². The molecule has 2 N–H and O–H groups in total. The van der Waals surface area contributed by atoms with Gasteiger partial charge in [0.1, 0.15) is 34.5 Å². The second kappa shape index (κ2) is 11.8. The maximum atomic E-state index is 13.5. The minimum absolute atomic E-state index is 0.191. The maximum Gasteiger partial charge on any atom is 0.248 e. The summed E-state index contributed by atoms with van der Waals surface area (Å²) in [5.74, 6) is -0.258. The van der Waals surface area contributed by atoms with Crippen molar-refractivity contribution in [2.75, 3.05) is 5.32 Å². The number of nitriles is 1. The monoisotopic (exact) mass is 641 g/mol. The molecule has 4 aromatic heterocycles. The first kappa shape index (κ1) is 29.7. The highest BCUT2D eigenvalue weighted by atomic mass is 79.9. The third-order valence-corrected chi connectivity index (χ3v) is 7.90. The van der Waals surface area contributed by atoms with Gasteiger partial charge >= 0.3 is 0 Å². The zero-order valence-corrected chi connectivity index (χ0v) is 25.6. The molecule has 4 aromatic rings. The molecule has 43 heavy (non-hydrogen) atoms. The van der Waals surface area contributed by atoms with Gasteiger partial charge in [0, 0.05) is 42.1 Å². The van der Waals surface area contributed by atoms with Crippen LogP contribution in [-0.2, 0) is 16.1 Å². The van der Waals surface area contributed by atoms with Crippen LogP contribution in [-0.4, -0.2) is 53.4 Å². The van der Waals surface area contributed by atoms with E-state index >= 15 is 0 Å². The van der Waals surface area contributed by atoms with E-state index in [-0.39, 0.29) is 30.9 Å². The summed E-state index contributed by atoms with van der Waals surface area (Å²) >= 11 is 3.32. The lowest BCUT2D eigenvalue weighted by Crippen LogP contribution is -2.46. The topological polar surface area (TPSA) is 168 Å². The van der Waals surface area contributed by atoms with Crippen LogP contribution in [0.5, 0.6) is 0 Å². The average Bonchev–Trinajstić information content (AvgIpc) is 3.44. The number of aryl methyl sites for hydroxylation is 2. The van der Waals surface area contributed by atoms with Crippen LogP contribution in [0, 0.1) is 30.6 Å². The Balaban J connectivity index is 1.41. The standard InChI is InChI=1S/C30H28BrN9O3/c1-16-5-6-25(31)37-28(16)38-29(43)23(11-30(7-8-32)10-17(30)2)36-26(42)15-40-24-14-35-22(20-12-33-19(4)34-13-20)9-21(24)27(39-40)18(3)41/h5-6,9-10,12-14,23H,7,11,15H2,1-4H3,(H,36,42)(H,37,38,43)/t23-,30+/m1/s1. The lowest BCUT2D eigenvalue weighted by atomic mass is 9.88. The molecule has 4 heterocycles. The van der Waals surface area contributed by atoms with E-state index in [2.05, 4.69) is 57.7 Å². The molecule has 12 nitrogen and oxygen atoms in total. The van der Waals surface area contributed by atoms with Crippen molar-refractivity contribution < 1.29 is 14.4 Å². The van der Waals surface area contributed by atoms with Crippen LogP contribution < -0.4 is 10.6 Å². The number of nitrogens with zero attached hydrogens (tertiary/aromatic N) is 7. The van der Waals surface area contributed by atoms with Gasteiger partial charge in [-0.3, -0.25) is 24.0 Å². The summed E-state index contributed by atoms with van der Waals surface area (Å²) in [5, 5.41) is 20.0. The number of halogens is 1. The van der Waals surface area contributed by atoms with E-state index in [1.54, 1.807) is 37.6 Å². The molecule has 5 rings (SSSR count). The summed E-state index contributed by atoms with van der Waals surface area (Å²) in [6.45, 7) is 6.62. The van der Waals surface area contributed by atoms with Crippen LogP contribution >= 0.6 is 15.9 Å². The van der Waals surface area contributed by atoms with E-state index in [0.717, 1.165) is 11.1 Å². The van der Waals surface area contributed by atoms with Crippen molar-refractivity contribution in [2.45, 2.75) is 53.1 Å². The lowest BCUT2D eigenvalue weighted by molar-refractivity contribution is -0.127. The van der Waals surface area contributed by atoms with Crippen LogP contribution in [0.15, 0.2) is 53.0 Å². The van der Waals surface area contributed by atoms with Gasteiger partial charge in [0.2, 0.25) is 11.8 Å². The summed E-state index contributed by atoms with van der Waals surface area (Å²) in [6.07, 6.45) is 7.18. The Kier molecular flexibility index (Phi) is 8.14. The Morgan fingerprint density at radius 3 is 2.49 bits per heavy atom. The molecule has 13 heteroatoms. The molecule has 1 aliphatic carbocycles. The Hall–Kier alpha value is -4.83. The Labute approximate surface area is 255 Å². The SMILES string of the molecule is CC(=O)c1nn(CC(=O)N[C@H](C[C@]2(CC#N)C=C2C)C(=O)Nc2nc(Br)ccc2C)c2cnc(-c3cnc(C)nc3)cc12. The van der Waals surface area contributed by atoms with E-state index in [1.165, 1.54) is 11.6 Å². The van der Waals surface area contributed by atoms with Gasteiger partial charge < -0.3 is 10.6 Å². The number of hydrogen-bond acceptors (Lipinski definition) is 9. The summed E-state index contributed by atoms with van der Waals surface area (Å²) < 4.78 is 1.94. The first-order valence-electron chi connectivity index (χ1n) is 13.5. The normalized spacial score (nSPS) is 16.2. The molecule has 2 amide bonds. The molecule has 0 saturated carbocycles. The second-order valence-electron chi connectivity index (χ2n) is 10.6. The number of fused-ring (bicyclic) bond motifs is 1. The molecule has 1 aliphatic rings. The number of Topliss-reactive ketones (excluding diaryl/α,β-unsaturated/α-hetero) is 1. The smallest absolute Gasteiger partial charge is 0.248 e. The first-order valence-corrected chi connectivity index (χ1v) is 14.3. The fraction of sp³-hybridized carbons (Fsp3) is 0.300. The number of amides is 2. The summed E-state index contributed by atoms with van der Waals surface area (Å²) in [7, 11) is 0. The molecule has 0 aliphatic heterocycles. The fourth-order valence-electron chi connectivity index (χ4n) is 4.92. The van der Waals surface area contributed by atoms with Crippen LogP contribution in [0.3, 0.4) is 0 Å². The number of carbonyl (C=O) groups is 3. The molecule has 0 aromatic carbocycles. The molecule has 0 bridgehead atoms. The maximum absolute atomic E-state index is 13.5. The summed E-state index contributed by atoms with van der Waals surface area (Å²) in [4.78, 5) is 56.6. The number of nitrogens with one attached hydrogen (secondary N) is 2. The van der Waals surface area contributed by atoms with Crippen molar-refractivity contribution in [2.24, 2.45) is 5.41 Å². The second-order valence-corrected chi connectivity index (χ2v) is 11.4. The number of pyridine rings is 2. The molecular weight excluding hydrogens is 614 g/mol. The van der Waals surface area contributed by atoms with Crippen molar-refractivity contribution in [1.82, 2.24) is 35.0 Å². The number of anilines is 1. The van der Waals surface area contributed by atoms with Gasteiger partial charge in [-0.2, -0.15) is 10.4 Å². The van der Waals surface area contributed by atoms with Gasteiger partial charge in [-0.05, 0) is 60.8 Å². The van der Waals surface area contributed by atoms with E-state index in [1.807, 2.05) is 26.0 Å². The fourth-order valence-corrected chi connectivity index (χ4v) is 5.23. The Morgan fingerprint density at radius 2 is 1.84 bits per heavy atom. The lowest BCUT2D eigenvalue weighted by Gasteiger charge is -2.24. The Morgan fingerprint density at radius 1 is 1.12 bits per heavy atom. The highest BCUT2D eigenvalue weighted by Crippen LogP contribution is 2.50. The number of ketones is 1. The third-order valence-electron chi connectivity index (χ3n) is 7.45. The average molecular weight is 643 g/mol. The predicted octanol–water partition coefficient (Wildman–Crippen LogP) is 4.24. The van der Waals surface area contributed by atoms with Crippen molar-refractivity contribution in [3.05, 3.63) is 70.1 Å². The van der Waals surface area contributed by atoms with E-state index in [9.17, 15) is 19.6 Å². The third kappa shape index (κ3) is 6.34. The number of hydrogen-bond donors (Lipinski definition) is 2. The number of rotatable bonds is 10. The van der Waals surface area contributed by atoms with Gasteiger partial charge in [0.25, 0.3) is 0 Å². The van der Waals surface area contributed by atoms with Crippen molar-refractivity contribution in [3.8, 4) is 17.3 Å². The van der Waals surface area contributed by atoms with Gasteiger partial charge in [0.15, 0.2) is 5.78 Å². The highest BCUT2D eigenvalue weighted by molar-refractivity contribution is 9.10. The van der Waals surface area contributed by atoms with Crippen LogP contribution in [0.4, 0.5) is 5.82 Å². The number of allylic oxidation sites excluding steroid dienone is 2. The molecule has 218 valence electrons. The van der Waals surface area contributed by atoms with Crippen molar-refractivity contribution in [1.29, 1.82) is 5.26 Å². The first-order chi connectivity index (χ1) is 20.5. The van der Waals surface area contributed by atoms with E-state index in [4.69, 9.17) is 0 Å². The molecular formula is C30H28BrN9O3. The van der Waals surface area contributed by atoms with Crippen molar-refractivity contribution in [3.63, 3.8) is 0 Å². The quantitative estimate of drug-likeness (QED) is 0.146.